The first-order valence-electron chi connectivity index (χ1n) is 8.84. The molecule has 6 heteroatoms. The van der Waals surface area contributed by atoms with Crippen LogP contribution in [-0.2, 0) is 11.2 Å². The maximum Gasteiger partial charge on any atom is 0.227 e. The average Bonchev–Trinajstić information content (AvgIpc) is 2.97. The van der Waals surface area contributed by atoms with Gasteiger partial charge in [0, 0.05) is 51.0 Å². The number of hydrogen-bond acceptors (Lipinski definition) is 5. The predicted octanol–water partition coefficient (Wildman–Crippen LogP) is 2.23. The fourth-order valence-electron chi connectivity index (χ4n) is 3.76. The summed E-state index contributed by atoms with van der Waals surface area (Å²) in [6.07, 6.45) is 2.87. The number of carbonyl (C=O) groups is 1. The van der Waals surface area contributed by atoms with Crippen LogP contribution in [0.15, 0.2) is 36.5 Å². The summed E-state index contributed by atoms with van der Waals surface area (Å²) in [6, 6.07) is 10.9. The van der Waals surface area contributed by atoms with Crippen molar-refractivity contribution in [2.24, 2.45) is 0 Å². The van der Waals surface area contributed by atoms with Crippen molar-refractivity contribution in [1.29, 1.82) is 0 Å². The summed E-state index contributed by atoms with van der Waals surface area (Å²) in [5.41, 5.74) is 2.60. The molecule has 130 valence electrons. The van der Waals surface area contributed by atoms with E-state index in [9.17, 15) is 4.79 Å². The number of para-hydroxylation sites is 1. The molecule has 3 heterocycles. The van der Waals surface area contributed by atoms with Gasteiger partial charge in [0.05, 0.1) is 0 Å². The van der Waals surface area contributed by atoms with Crippen molar-refractivity contribution in [1.82, 2.24) is 14.9 Å². The van der Waals surface area contributed by atoms with E-state index < -0.39 is 0 Å². The number of hydrogen-bond donors (Lipinski definition) is 0. The first kappa shape index (κ1) is 15.9. The van der Waals surface area contributed by atoms with Crippen LogP contribution in [0.5, 0.6) is 0 Å². The molecule has 2 aliphatic heterocycles. The van der Waals surface area contributed by atoms with Gasteiger partial charge in [0.25, 0.3) is 0 Å². The molecule has 25 heavy (non-hydrogen) atoms. The molecule has 2 aromatic rings. The van der Waals surface area contributed by atoms with E-state index in [0.717, 1.165) is 44.4 Å². The number of nitrogens with zero attached hydrogens (tertiary/aromatic N) is 5. The van der Waals surface area contributed by atoms with Crippen LogP contribution in [0.25, 0.3) is 0 Å². The van der Waals surface area contributed by atoms with Crippen molar-refractivity contribution >= 4 is 23.4 Å². The van der Waals surface area contributed by atoms with Crippen LogP contribution in [0.4, 0.5) is 17.5 Å². The van der Waals surface area contributed by atoms with Gasteiger partial charge in [-0.2, -0.15) is 4.98 Å². The first-order chi connectivity index (χ1) is 12.1. The lowest BCUT2D eigenvalue weighted by Crippen LogP contribution is -2.48. The SMILES string of the molecule is CC(=O)N1CCN(c2nccc(N3c4ccccc4CC3C)n2)CC1. The van der Waals surface area contributed by atoms with Gasteiger partial charge in [-0.1, -0.05) is 18.2 Å². The van der Waals surface area contributed by atoms with E-state index in [4.69, 9.17) is 4.98 Å². The second kappa shape index (κ2) is 6.35. The second-order valence-corrected chi connectivity index (χ2v) is 6.76. The Morgan fingerprint density at radius 1 is 1.12 bits per heavy atom. The van der Waals surface area contributed by atoms with E-state index in [2.05, 4.69) is 46.0 Å². The number of anilines is 3. The van der Waals surface area contributed by atoms with Crippen molar-refractivity contribution in [3.63, 3.8) is 0 Å². The highest BCUT2D eigenvalue weighted by atomic mass is 16.2. The maximum absolute atomic E-state index is 11.5. The lowest BCUT2D eigenvalue weighted by molar-refractivity contribution is -0.129. The predicted molar refractivity (Wildman–Crippen MR) is 98.2 cm³/mol. The number of amides is 1. The molecule has 0 bridgehead atoms. The monoisotopic (exact) mass is 337 g/mol. The summed E-state index contributed by atoms with van der Waals surface area (Å²) in [5, 5.41) is 0. The molecule has 1 aromatic heterocycles. The van der Waals surface area contributed by atoms with E-state index in [1.807, 2.05) is 17.2 Å². The minimum Gasteiger partial charge on any atom is -0.339 e. The third-order valence-electron chi connectivity index (χ3n) is 5.09. The lowest BCUT2D eigenvalue weighted by Gasteiger charge is -2.34. The molecule has 2 aliphatic rings. The highest BCUT2D eigenvalue weighted by Gasteiger charge is 2.28. The van der Waals surface area contributed by atoms with E-state index in [1.165, 1.54) is 11.3 Å². The van der Waals surface area contributed by atoms with Gasteiger partial charge in [-0.3, -0.25) is 4.79 Å². The molecule has 1 saturated heterocycles. The summed E-state index contributed by atoms with van der Waals surface area (Å²) >= 11 is 0. The Kier molecular flexibility index (Phi) is 4.03. The summed E-state index contributed by atoms with van der Waals surface area (Å²) in [7, 11) is 0. The fourth-order valence-corrected chi connectivity index (χ4v) is 3.76. The van der Waals surface area contributed by atoms with Crippen molar-refractivity contribution < 1.29 is 4.79 Å². The quantitative estimate of drug-likeness (QED) is 0.841. The van der Waals surface area contributed by atoms with Crippen molar-refractivity contribution in [2.45, 2.75) is 26.3 Å². The highest BCUT2D eigenvalue weighted by molar-refractivity contribution is 5.73. The van der Waals surface area contributed by atoms with Crippen LogP contribution in [0.2, 0.25) is 0 Å². The number of rotatable bonds is 2. The van der Waals surface area contributed by atoms with Crippen molar-refractivity contribution in [3.05, 3.63) is 42.1 Å². The third-order valence-corrected chi connectivity index (χ3v) is 5.09. The van der Waals surface area contributed by atoms with Gasteiger partial charge in [-0.15, -0.1) is 0 Å². The van der Waals surface area contributed by atoms with Crippen LogP contribution in [0.3, 0.4) is 0 Å². The topological polar surface area (TPSA) is 52.6 Å². The number of carbonyl (C=O) groups excluding carboxylic acids is 1. The molecule has 1 amide bonds. The molecule has 0 spiro atoms. The highest BCUT2D eigenvalue weighted by Crippen LogP contribution is 2.37. The second-order valence-electron chi connectivity index (χ2n) is 6.76. The van der Waals surface area contributed by atoms with E-state index in [1.54, 1.807) is 6.92 Å². The van der Waals surface area contributed by atoms with Crippen molar-refractivity contribution in [3.8, 4) is 0 Å². The zero-order valence-corrected chi connectivity index (χ0v) is 14.7. The van der Waals surface area contributed by atoms with Gasteiger partial charge >= 0.3 is 0 Å². The molecule has 0 saturated carbocycles. The summed E-state index contributed by atoms with van der Waals surface area (Å²) in [6.45, 7) is 6.86. The summed E-state index contributed by atoms with van der Waals surface area (Å²) in [4.78, 5) is 27.1. The molecule has 1 aromatic carbocycles. The molecule has 4 rings (SSSR count). The molecule has 1 unspecified atom stereocenters. The van der Waals surface area contributed by atoms with Gasteiger partial charge in [-0.25, -0.2) is 4.98 Å². The Labute approximate surface area is 148 Å². The Morgan fingerprint density at radius 2 is 1.88 bits per heavy atom. The molecule has 0 N–H and O–H groups in total. The van der Waals surface area contributed by atoms with Crippen LogP contribution in [-0.4, -0.2) is 53.0 Å². The van der Waals surface area contributed by atoms with E-state index in [-0.39, 0.29) is 5.91 Å². The maximum atomic E-state index is 11.5. The Hall–Kier alpha value is -2.63. The minimum atomic E-state index is 0.136. The molecule has 0 aliphatic carbocycles. The molecular formula is C19H23N5O. The van der Waals surface area contributed by atoms with Crippen LogP contribution in [0, 0.1) is 0 Å². The zero-order valence-electron chi connectivity index (χ0n) is 14.7. The van der Waals surface area contributed by atoms with Crippen molar-refractivity contribution in [2.75, 3.05) is 36.0 Å². The number of benzene rings is 1. The van der Waals surface area contributed by atoms with Crippen LogP contribution >= 0.6 is 0 Å². The van der Waals surface area contributed by atoms with Gasteiger partial charge in [0.15, 0.2) is 0 Å². The van der Waals surface area contributed by atoms with Gasteiger partial charge < -0.3 is 14.7 Å². The molecule has 1 atom stereocenters. The Balaban J connectivity index is 1.58. The largest absolute Gasteiger partial charge is 0.339 e. The number of aromatic nitrogens is 2. The number of fused-ring (bicyclic) bond motifs is 1. The zero-order chi connectivity index (χ0) is 17.4. The van der Waals surface area contributed by atoms with Crippen LogP contribution < -0.4 is 9.80 Å². The van der Waals surface area contributed by atoms with Gasteiger partial charge in [0.2, 0.25) is 11.9 Å². The Morgan fingerprint density at radius 3 is 2.64 bits per heavy atom. The molecule has 0 radical (unpaired) electrons. The van der Waals surface area contributed by atoms with Gasteiger partial charge in [0.1, 0.15) is 5.82 Å². The summed E-state index contributed by atoms with van der Waals surface area (Å²) in [5.74, 6) is 1.82. The smallest absolute Gasteiger partial charge is 0.227 e. The normalized spacial score (nSPS) is 19.9. The first-order valence-corrected chi connectivity index (χ1v) is 8.84. The number of piperazine rings is 1. The fraction of sp³-hybridized carbons (Fsp3) is 0.421. The summed E-state index contributed by atoms with van der Waals surface area (Å²) < 4.78 is 0. The molecule has 1 fully saturated rings. The minimum absolute atomic E-state index is 0.136. The third kappa shape index (κ3) is 2.92. The lowest BCUT2D eigenvalue weighted by atomic mass is 10.1. The molecular weight excluding hydrogens is 314 g/mol. The standard InChI is InChI=1S/C19H23N5O/c1-14-13-16-5-3-4-6-17(16)24(14)18-7-8-20-19(21-18)23-11-9-22(10-12-23)15(2)25/h3-8,14H,9-13H2,1-2H3. The average molecular weight is 337 g/mol. The Bertz CT molecular complexity index is 785. The molecule has 6 nitrogen and oxygen atoms in total. The van der Waals surface area contributed by atoms with E-state index >= 15 is 0 Å². The van der Waals surface area contributed by atoms with E-state index in [0.29, 0.717) is 6.04 Å². The van der Waals surface area contributed by atoms with Gasteiger partial charge in [-0.05, 0) is 31.0 Å². The van der Waals surface area contributed by atoms with Crippen LogP contribution in [0.1, 0.15) is 19.4 Å².